The molecule has 0 saturated carbocycles. The maximum Gasteiger partial charge on any atom is 0.193 e. The van der Waals surface area contributed by atoms with Crippen LogP contribution in [-0.4, -0.2) is 70.3 Å². The minimum absolute atomic E-state index is 0. The van der Waals surface area contributed by atoms with E-state index in [2.05, 4.69) is 65.4 Å². The standard InChI is InChI=1S/C19H32N4O.HI/c1-15-6-8-17(9-7-15)18(22(3)4)12-21-19(20-2)23-11-10-16(13-23)14-24-5;/h6-9,16,18H,10-14H2,1-5H3,(H,20,21);1H. The Morgan fingerprint density at radius 1 is 1.36 bits per heavy atom. The highest BCUT2D eigenvalue weighted by atomic mass is 127. The van der Waals surface area contributed by atoms with Crippen molar-refractivity contribution in [2.75, 3.05) is 54.5 Å². The fourth-order valence-corrected chi connectivity index (χ4v) is 3.30. The number of nitrogens with zero attached hydrogens (tertiary/aromatic N) is 3. The van der Waals surface area contributed by atoms with Crippen molar-refractivity contribution in [1.29, 1.82) is 0 Å². The molecule has 2 unspecified atom stereocenters. The lowest BCUT2D eigenvalue weighted by atomic mass is 10.0. The third kappa shape index (κ3) is 6.42. The summed E-state index contributed by atoms with van der Waals surface area (Å²) in [4.78, 5) is 9.07. The molecule has 1 N–H and O–H groups in total. The molecule has 0 aromatic heterocycles. The predicted octanol–water partition coefficient (Wildman–Crippen LogP) is 2.76. The second kappa shape index (κ2) is 11.0. The molecule has 0 radical (unpaired) electrons. The lowest BCUT2D eigenvalue weighted by Crippen LogP contribution is -2.43. The zero-order chi connectivity index (χ0) is 17.5. The molecule has 0 amide bonds. The topological polar surface area (TPSA) is 40.1 Å². The molecule has 1 fully saturated rings. The second-order valence-electron chi connectivity index (χ2n) is 6.87. The first-order valence-electron chi connectivity index (χ1n) is 8.72. The number of aryl methyl sites for hydroxylation is 1. The third-order valence-corrected chi connectivity index (χ3v) is 4.74. The molecule has 1 aromatic carbocycles. The van der Waals surface area contributed by atoms with Gasteiger partial charge in [0, 0.05) is 39.7 Å². The molecule has 6 heteroatoms. The molecule has 1 saturated heterocycles. The van der Waals surface area contributed by atoms with Gasteiger partial charge in [0.2, 0.25) is 0 Å². The van der Waals surface area contributed by atoms with E-state index >= 15 is 0 Å². The first-order chi connectivity index (χ1) is 11.5. The van der Waals surface area contributed by atoms with E-state index in [0.717, 1.165) is 32.2 Å². The molecule has 25 heavy (non-hydrogen) atoms. The van der Waals surface area contributed by atoms with Crippen molar-refractivity contribution in [1.82, 2.24) is 15.1 Å². The van der Waals surface area contributed by atoms with Crippen molar-refractivity contribution < 1.29 is 4.74 Å². The van der Waals surface area contributed by atoms with E-state index in [1.165, 1.54) is 17.5 Å². The maximum atomic E-state index is 5.29. The normalized spacial score (nSPS) is 19.0. The monoisotopic (exact) mass is 460 g/mol. The largest absolute Gasteiger partial charge is 0.384 e. The van der Waals surface area contributed by atoms with Crippen LogP contribution in [0.4, 0.5) is 0 Å². The first-order valence-corrected chi connectivity index (χ1v) is 8.72. The molecule has 5 nitrogen and oxygen atoms in total. The van der Waals surface area contributed by atoms with Gasteiger partial charge in [0.15, 0.2) is 5.96 Å². The minimum Gasteiger partial charge on any atom is -0.384 e. The van der Waals surface area contributed by atoms with Crippen molar-refractivity contribution in [3.8, 4) is 0 Å². The fourth-order valence-electron chi connectivity index (χ4n) is 3.30. The number of methoxy groups -OCH3 is 1. The molecule has 0 aliphatic carbocycles. The van der Waals surface area contributed by atoms with Gasteiger partial charge in [-0.05, 0) is 33.0 Å². The maximum absolute atomic E-state index is 5.29. The number of guanidine groups is 1. The number of rotatable bonds is 6. The fraction of sp³-hybridized carbons (Fsp3) is 0.632. The Hall–Kier alpha value is -0.860. The van der Waals surface area contributed by atoms with Crippen LogP contribution in [0.15, 0.2) is 29.3 Å². The number of nitrogens with one attached hydrogen (secondary N) is 1. The third-order valence-electron chi connectivity index (χ3n) is 4.74. The Balaban J connectivity index is 0.00000312. The molecular weight excluding hydrogens is 427 g/mol. The summed E-state index contributed by atoms with van der Waals surface area (Å²) in [7, 11) is 7.89. The number of ether oxygens (including phenoxy) is 1. The van der Waals surface area contributed by atoms with Gasteiger partial charge in [-0.15, -0.1) is 24.0 Å². The van der Waals surface area contributed by atoms with Crippen LogP contribution in [0, 0.1) is 12.8 Å². The van der Waals surface area contributed by atoms with Gasteiger partial charge in [-0.1, -0.05) is 29.8 Å². The van der Waals surface area contributed by atoms with Gasteiger partial charge in [-0.25, -0.2) is 0 Å². The highest BCUT2D eigenvalue weighted by molar-refractivity contribution is 14.0. The van der Waals surface area contributed by atoms with Crippen LogP contribution in [0.3, 0.4) is 0 Å². The molecule has 0 bridgehead atoms. The lowest BCUT2D eigenvalue weighted by Gasteiger charge is -2.28. The smallest absolute Gasteiger partial charge is 0.193 e. The van der Waals surface area contributed by atoms with Crippen LogP contribution in [0.25, 0.3) is 0 Å². The Kier molecular flexibility index (Phi) is 9.74. The van der Waals surface area contributed by atoms with Crippen molar-refractivity contribution in [2.45, 2.75) is 19.4 Å². The summed E-state index contributed by atoms with van der Waals surface area (Å²) in [5, 5.41) is 3.56. The van der Waals surface area contributed by atoms with E-state index in [1.54, 1.807) is 7.11 Å². The molecule has 1 aliphatic heterocycles. The molecule has 1 heterocycles. The van der Waals surface area contributed by atoms with E-state index in [0.29, 0.717) is 12.0 Å². The number of halogens is 1. The van der Waals surface area contributed by atoms with Gasteiger partial charge in [0.1, 0.15) is 0 Å². The number of hydrogen-bond acceptors (Lipinski definition) is 3. The Labute approximate surface area is 169 Å². The van der Waals surface area contributed by atoms with Crippen molar-refractivity contribution in [3.05, 3.63) is 35.4 Å². The van der Waals surface area contributed by atoms with Crippen molar-refractivity contribution in [2.24, 2.45) is 10.9 Å². The van der Waals surface area contributed by atoms with Crippen LogP contribution in [0.2, 0.25) is 0 Å². The Morgan fingerprint density at radius 2 is 2.04 bits per heavy atom. The van der Waals surface area contributed by atoms with Gasteiger partial charge in [0.25, 0.3) is 0 Å². The summed E-state index contributed by atoms with van der Waals surface area (Å²) >= 11 is 0. The van der Waals surface area contributed by atoms with E-state index in [1.807, 2.05) is 7.05 Å². The van der Waals surface area contributed by atoms with Crippen LogP contribution in [0.5, 0.6) is 0 Å². The quantitative estimate of drug-likeness (QED) is 0.403. The molecular formula is C19H33IN4O. The van der Waals surface area contributed by atoms with Gasteiger partial charge >= 0.3 is 0 Å². The molecule has 1 aromatic rings. The highest BCUT2D eigenvalue weighted by Crippen LogP contribution is 2.19. The average Bonchev–Trinajstić information content (AvgIpc) is 3.01. The number of likely N-dealkylation sites (N-methyl/N-ethyl adjacent to an activating group) is 1. The molecule has 1 aliphatic rings. The van der Waals surface area contributed by atoms with Crippen LogP contribution in [0.1, 0.15) is 23.6 Å². The van der Waals surface area contributed by atoms with E-state index in [9.17, 15) is 0 Å². The molecule has 2 atom stereocenters. The highest BCUT2D eigenvalue weighted by Gasteiger charge is 2.25. The van der Waals surface area contributed by atoms with Crippen LogP contribution >= 0.6 is 24.0 Å². The van der Waals surface area contributed by atoms with Gasteiger partial charge in [-0.2, -0.15) is 0 Å². The van der Waals surface area contributed by atoms with Gasteiger partial charge in [-0.3, -0.25) is 4.99 Å². The van der Waals surface area contributed by atoms with Crippen LogP contribution in [-0.2, 0) is 4.74 Å². The van der Waals surface area contributed by atoms with Gasteiger partial charge < -0.3 is 19.9 Å². The number of aliphatic imine (C=N–C) groups is 1. The van der Waals surface area contributed by atoms with E-state index < -0.39 is 0 Å². The number of likely N-dealkylation sites (tertiary alicyclic amines) is 1. The summed E-state index contributed by atoms with van der Waals surface area (Å²) in [5.74, 6) is 1.60. The first kappa shape index (κ1) is 22.2. The van der Waals surface area contributed by atoms with E-state index in [-0.39, 0.29) is 24.0 Å². The van der Waals surface area contributed by atoms with Crippen LogP contribution < -0.4 is 5.32 Å². The minimum atomic E-state index is 0. The molecule has 0 spiro atoms. The average molecular weight is 460 g/mol. The summed E-state index contributed by atoms with van der Waals surface area (Å²) in [6.45, 7) is 5.86. The number of hydrogen-bond donors (Lipinski definition) is 1. The molecule has 142 valence electrons. The number of benzene rings is 1. The zero-order valence-electron chi connectivity index (χ0n) is 16.2. The van der Waals surface area contributed by atoms with Gasteiger partial charge in [0.05, 0.1) is 12.6 Å². The predicted molar refractivity (Wildman–Crippen MR) is 116 cm³/mol. The zero-order valence-corrected chi connectivity index (χ0v) is 18.5. The van der Waals surface area contributed by atoms with E-state index in [4.69, 9.17) is 4.74 Å². The Bertz CT molecular complexity index is 533. The van der Waals surface area contributed by atoms with Crippen molar-refractivity contribution in [3.63, 3.8) is 0 Å². The summed E-state index contributed by atoms with van der Waals surface area (Å²) < 4.78 is 5.29. The lowest BCUT2D eigenvalue weighted by molar-refractivity contribution is 0.157. The SMILES string of the molecule is CN=C(NCC(c1ccc(C)cc1)N(C)C)N1CCC(COC)C1.I. The second-order valence-corrected chi connectivity index (χ2v) is 6.87. The van der Waals surface area contributed by atoms with Crippen molar-refractivity contribution >= 4 is 29.9 Å². The molecule has 2 rings (SSSR count). The summed E-state index contributed by atoms with van der Waals surface area (Å²) in [6.07, 6.45) is 1.17. The summed E-state index contributed by atoms with van der Waals surface area (Å²) in [6, 6.07) is 9.11. The summed E-state index contributed by atoms with van der Waals surface area (Å²) in [5.41, 5.74) is 2.62. The Morgan fingerprint density at radius 3 is 2.60 bits per heavy atom.